The normalized spacial score (nSPS) is 14.4. The van der Waals surface area contributed by atoms with Gasteiger partial charge >= 0.3 is 0 Å². The molecule has 182 valence electrons. The standard InChI is InChI=1S/C29H31ClN2O2S/c1-2-34-28-15-10-24(21-25(28)22-35-27-13-11-26(30)12-14-27)29(33)32-19-17-31(18-20-32)16-6-9-23-7-4-3-5-8-23/h3-15,21H,2,16-20,22H2,1H3/b9-6+. The van der Waals surface area contributed by atoms with Crippen molar-refractivity contribution < 1.29 is 9.53 Å². The molecule has 0 aromatic heterocycles. The summed E-state index contributed by atoms with van der Waals surface area (Å²) in [5.74, 6) is 1.64. The summed E-state index contributed by atoms with van der Waals surface area (Å²) in [6, 6.07) is 23.9. The van der Waals surface area contributed by atoms with E-state index in [9.17, 15) is 4.79 Å². The molecule has 0 aliphatic carbocycles. The molecule has 0 bridgehead atoms. The van der Waals surface area contributed by atoms with Crippen LogP contribution in [-0.4, -0.2) is 55.0 Å². The van der Waals surface area contributed by atoms with E-state index < -0.39 is 0 Å². The number of hydrogen-bond acceptors (Lipinski definition) is 4. The molecule has 3 aromatic rings. The van der Waals surface area contributed by atoms with Crippen molar-refractivity contribution in [1.82, 2.24) is 9.80 Å². The van der Waals surface area contributed by atoms with Crippen LogP contribution >= 0.6 is 23.4 Å². The van der Waals surface area contributed by atoms with Gasteiger partial charge in [0, 0.05) is 59.5 Å². The van der Waals surface area contributed by atoms with Crippen LogP contribution in [0.5, 0.6) is 5.75 Å². The molecule has 1 heterocycles. The van der Waals surface area contributed by atoms with Gasteiger partial charge < -0.3 is 9.64 Å². The zero-order chi connectivity index (χ0) is 24.5. The van der Waals surface area contributed by atoms with Gasteiger partial charge in [-0.2, -0.15) is 0 Å². The molecule has 1 fully saturated rings. The summed E-state index contributed by atoms with van der Waals surface area (Å²) in [6.07, 6.45) is 4.35. The van der Waals surface area contributed by atoms with Gasteiger partial charge in [-0.1, -0.05) is 54.1 Å². The van der Waals surface area contributed by atoms with E-state index in [0.29, 0.717) is 6.61 Å². The Bertz CT molecular complexity index is 1130. The van der Waals surface area contributed by atoms with Crippen molar-refractivity contribution in [2.45, 2.75) is 17.6 Å². The quantitative estimate of drug-likeness (QED) is 0.310. The molecular weight excluding hydrogens is 476 g/mol. The van der Waals surface area contributed by atoms with Crippen molar-refractivity contribution in [3.8, 4) is 5.75 Å². The molecule has 4 nitrogen and oxygen atoms in total. The molecule has 35 heavy (non-hydrogen) atoms. The van der Waals surface area contributed by atoms with Crippen LogP contribution in [0.2, 0.25) is 5.02 Å². The second-order valence-electron chi connectivity index (χ2n) is 8.40. The molecule has 1 amide bonds. The van der Waals surface area contributed by atoms with Gasteiger partial charge in [0.2, 0.25) is 0 Å². The summed E-state index contributed by atoms with van der Waals surface area (Å²) in [4.78, 5) is 18.7. The van der Waals surface area contributed by atoms with Gasteiger partial charge in [0.15, 0.2) is 0 Å². The topological polar surface area (TPSA) is 32.8 Å². The third kappa shape index (κ3) is 7.38. The van der Waals surface area contributed by atoms with Crippen molar-refractivity contribution in [3.63, 3.8) is 0 Å². The smallest absolute Gasteiger partial charge is 0.253 e. The first kappa shape index (κ1) is 25.4. The van der Waals surface area contributed by atoms with Crippen molar-refractivity contribution in [1.29, 1.82) is 0 Å². The fraction of sp³-hybridized carbons (Fsp3) is 0.276. The molecule has 4 rings (SSSR count). The van der Waals surface area contributed by atoms with Crippen LogP contribution in [-0.2, 0) is 5.75 Å². The fourth-order valence-electron chi connectivity index (χ4n) is 4.03. The van der Waals surface area contributed by atoms with Gasteiger partial charge in [-0.15, -0.1) is 11.8 Å². The molecule has 0 radical (unpaired) electrons. The molecule has 1 aliphatic heterocycles. The zero-order valence-electron chi connectivity index (χ0n) is 20.0. The van der Waals surface area contributed by atoms with E-state index in [1.54, 1.807) is 11.8 Å². The monoisotopic (exact) mass is 506 g/mol. The van der Waals surface area contributed by atoms with Crippen LogP contribution in [0.1, 0.15) is 28.4 Å². The van der Waals surface area contributed by atoms with E-state index in [-0.39, 0.29) is 5.91 Å². The number of nitrogens with zero attached hydrogens (tertiary/aromatic N) is 2. The Morgan fingerprint density at radius 2 is 1.74 bits per heavy atom. The highest BCUT2D eigenvalue weighted by Crippen LogP contribution is 2.30. The highest BCUT2D eigenvalue weighted by Gasteiger charge is 2.22. The van der Waals surface area contributed by atoms with Crippen LogP contribution in [0, 0.1) is 0 Å². The van der Waals surface area contributed by atoms with Gasteiger partial charge in [-0.3, -0.25) is 9.69 Å². The Hall–Kier alpha value is -2.73. The second kappa shape index (κ2) is 12.8. The lowest BCUT2D eigenvalue weighted by molar-refractivity contribution is 0.0650. The molecular formula is C29H31ClN2O2S. The maximum Gasteiger partial charge on any atom is 0.253 e. The summed E-state index contributed by atoms with van der Waals surface area (Å²) >= 11 is 7.71. The lowest BCUT2D eigenvalue weighted by Crippen LogP contribution is -2.48. The minimum absolute atomic E-state index is 0.0882. The van der Waals surface area contributed by atoms with Crippen LogP contribution < -0.4 is 4.74 Å². The Balaban J connectivity index is 1.34. The van der Waals surface area contributed by atoms with Crippen molar-refractivity contribution in [2.75, 3.05) is 39.3 Å². The van der Waals surface area contributed by atoms with Crippen molar-refractivity contribution >= 4 is 35.3 Å². The average molecular weight is 507 g/mol. The number of carbonyl (C=O) groups excluding carboxylic acids is 1. The Labute approximate surface area is 217 Å². The van der Waals surface area contributed by atoms with E-state index in [1.807, 2.05) is 72.5 Å². The number of amides is 1. The van der Waals surface area contributed by atoms with E-state index in [0.717, 1.165) is 65.3 Å². The molecule has 1 aliphatic rings. The van der Waals surface area contributed by atoms with E-state index in [2.05, 4.69) is 29.2 Å². The molecule has 0 N–H and O–H groups in total. The number of piperazine rings is 1. The third-order valence-corrected chi connectivity index (χ3v) is 7.26. The largest absolute Gasteiger partial charge is 0.494 e. The summed E-state index contributed by atoms with van der Waals surface area (Å²) in [6.45, 7) is 6.69. The first-order valence-corrected chi connectivity index (χ1v) is 13.4. The average Bonchev–Trinajstić information content (AvgIpc) is 2.90. The minimum Gasteiger partial charge on any atom is -0.494 e. The zero-order valence-corrected chi connectivity index (χ0v) is 21.6. The Morgan fingerprint density at radius 3 is 2.46 bits per heavy atom. The van der Waals surface area contributed by atoms with Crippen molar-refractivity contribution in [3.05, 3.63) is 101 Å². The van der Waals surface area contributed by atoms with Crippen LogP contribution in [0.25, 0.3) is 6.08 Å². The van der Waals surface area contributed by atoms with E-state index >= 15 is 0 Å². The number of benzene rings is 3. The molecule has 1 saturated heterocycles. The maximum atomic E-state index is 13.3. The number of hydrogen-bond donors (Lipinski definition) is 0. The Kier molecular flexibility index (Phi) is 9.29. The summed E-state index contributed by atoms with van der Waals surface area (Å²) in [7, 11) is 0. The number of carbonyl (C=O) groups is 1. The summed E-state index contributed by atoms with van der Waals surface area (Å²) in [5, 5.41) is 0.726. The number of rotatable bonds is 9. The van der Waals surface area contributed by atoms with Gasteiger partial charge in [0.05, 0.1) is 6.61 Å². The van der Waals surface area contributed by atoms with Gasteiger partial charge in [0.25, 0.3) is 5.91 Å². The molecule has 3 aromatic carbocycles. The van der Waals surface area contributed by atoms with E-state index in [1.165, 1.54) is 5.56 Å². The van der Waals surface area contributed by atoms with Gasteiger partial charge in [0.1, 0.15) is 5.75 Å². The van der Waals surface area contributed by atoms with Crippen molar-refractivity contribution in [2.24, 2.45) is 0 Å². The van der Waals surface area contributed by atoms with Gasteiger partial charge in [-0.25, -0.2) is 0 Å². The fourth-order valence-corrected chi connectivity index (χ4v) is 5.03. The molecule has 0 unspecified atom stereocenters. The molecule has 0 spiro atoms. The number of thioether (sulfide) groups is 1. The Morgan fingerprint density at radius 1 is 1.00 bits per heavy atom. The number of halogens is 1. The molecule has 6 heteroatoms. The maximum absolute atomic E-state index is 13.3. The van der Waals surface area contributed by atoms with Crippen LogP contribution in [0.3, 0.4) is 0 Å². The lowest BCUT2D eigenvalue weighted by atomic mass is 10.1. The summed E-state index contributed by atoms with van der Waals surface area (Å²) in [5.41, 5.74) is 2.96. The third-order valence-electron chi connectivity index (χ3n) is 5.95. The minimum atomic E-state index is 0.0882. The van der Waals surface area contributed by atoms with E-state index in [4.69, 9.17) is 16.3 Å². The number of ether oxygens (including phenoxy) is 1. The second-order valence-corrected chi connectivity index (χ2v) is 9.89. The first-order valence-electron chi connectivity index (χ1n) is 12.0. The molecule has 0 saturated carbocycles. The lowest BCUT2D eigenvalue weighted by Gasteiger charge is -2.34. The predicted molar refractivity (Wildman–Crippen MR) is 146 cm³/mol. The predicted octanol–water partition coefficient (Wildman–Crippen LogP) is 6.50. The first-order chi connectivity index (χ1) is 17.1. The summed E-state index contributed by atoms with van der Waals surface area (Å²) < 4.78 is 5.84. The highest BCUT2D eigenvalue weighted by atomic mass is 35.5. The van der Waals surface area contributed by atoms with Crippen LogP contribution in [0.4, 0.5) is 0 Å². The molecule has 0 atom stereocenters. The SMILES string of the molecule is CCOc1ccc(C(=O)N2CCN(C/C=C/c3ccccc3)CC2)cc1CSc1ccc(Cl)cc1. The van der Waals surface area contributed by atoms with Crippen LogP contribution in [0.15, 0.2) is 83.8 Å². The van der Waals surface area contributed by atoms with Gasteiger partial charge in [-0.05, 0) is 55.0 Å². The highest BCUT2D eigenvalue weighted by molar-refractivity contribution is 7.98.